The van der Waals surface area contributed by atoms with Crippen molar-refractivity contribution in [1.29, 1.82) is 0 Å². The van der Waals surface area contributed by atoms with E-state index in [9.17, 15) is 4.79 Å². The van der Waals surface area contributed by atoms with Gasteiger partial charge in [-0.25, -0.2) is 0 Å². The Morgan fingerprint density at radius 3 is 2.53 bits per heavy atom. The Hall–Kier alpha value is 0.497. The molecule has 1 unspecified atom stereocenters. The number of carbonyl (C=O) groups is 1. The number of halogens is 2. The van der Waals surface area contributed by atoms with Gasteiger partial charge in [0, 0.05) is 11.1 Å². The second kappa shape index (κ2) is 7.83. The molecule has 0 amide bonds. The van der Waals surface area contributed by atoms with Crippen LogP contribution in [0.1, 0.15) is 36.2 Å². The minimum Gasteiger partial charge on any atom is -0.456 e. The summed E-state index contributed by atoms with van der Waals surface area (Å²) in [6, 6.07) is 3.55. The van der Waals surface area contributed by atoms with Crippen molar-refractivity contribution in [2.75, 3.05) is 0 Å². The van der Waals surface area contributed by atoms with Crippen molar-refractivity contribution in [3.8, 4) is 0 Å². The van der Waals surface area contributed by atoms with Gasteiger partial charge in [-0.1, -0.05) is 49.5 Å². The first-order valence-electron chi connectivity index (χ1n) is 5.17. The molecule has 0 N–H and O–H groups in total. The van der Waals surface area contributed by atoms with Gasteiger partial charge in [-0.3, -0.25) is 0 Å². The molecule has 1 atom stereocenters. The molecule has 0 aliphatic heterocycles. The molecule has 0 aliphatic rings. The number of rotatable bonds is 4. The summed E-state index contributed by atoms with van der Waals surface area (Å²) in [5.41, 5.74) is 1.69. The first-order chi connectivity index (χ1) is 7.47. The summed E-state index contributed by atoms with van der Waals surface area (Å²) >= 11 is 12.1. The molecule has 0 spiro atoms. The van der Waals surface area contributed by atoms with Gasteiger partial charge in [0.1, 0.15) is 0 Å². The Balaban J connectivity index is 0.00000256. The van der Waals surface area contributed by atoms with E-state index in [0.29, 0.717) is 21.3 Å². The molecule has 0 radical (unpaired) electrons. The standard InChI is InChI=1S/C12H14Cl2OP.Li/c1-4-8(3)16-12(15)10-9(13)6-5-7(2)11(10)14;/h5-6,8H,4H2,1-3H3;/q-1;+1. The molecule has 0 saturated carbocycles. The smallest absolute Gasteiger partial charge is 0.456 e. The van der Waals surface area contributed by atoms with Crippen molar-refractivity contribution >= 4 is 37.3 Å². The average Bonchev–Trinajstić information content (AvgIpc) is 2.24. The number of carbonyl (C=O) groups excluding carboxylic acids is 1. The van der Waals surface area contributed by atoms with Crippen LogP contribution in [0.15, 0.2) is 12.1 Å². The zero-order valence-electron chi connectivity index (χ0n) is 10.6. The fraction of sp³-hybridized carbons (Fsp3) is 0.417. The van der Waals surface area contributed by atoms with E-state index in [1.54, 1.807) is 6.07 Å². The third-order valence-corrected chi connectivity index (χ3v) is 4.49. The van der Waals surface area contributed by atoms with Crippen molar-refractivity contribution in [3.63, 3.8) is 0 Å². The van der Waals surface area contributed by atoms with Gasteiger partial charge in [-0.2, -0.15) is 5.66 Å². The number of aryl methyl sites for hydroxylation is 1. The van der Waals surface area contributed by atoms with E-state index >= 15 is 0 Å². The fourth-order valence-corrected chi connectivity index (χ4v) is 2.83. The zero-order chi connectivity index (χ0) is 12.3. The molecule has 0 aliphatic carbocycles. The van der Waals surface area contributed by atoms with Crippen LogP contribution >= 0.6 is 31.8 Å². The molecule has 0 aromatic heterocycles. The second-order valence-corrected chi connectivity index (χ2v) is 6.08. The van der Waals surface area contributed by atoms with Gasteiger partial charge in [-0.15, -0.1) is 0 Å². The summed E-state index contributed by atoms with van der Waals surface area (Å²) < 4.78 is 0. The van der Waals surface area contributed by atoms with Crippen LogP contribution in [-0.4, -0.2) is 11.2 Å². The summed E-state index contributed by atoms with van der Waals surface area (Å²) in [6.45, 7) is 5.97. The summed E-state index contributed by atoms with van der Waals surface area (Å²) in [6.07, 6.45) is 0.967. The quantitative estimate of drug-likeness (QED) is 0.611. The van der Waals surface area contributed by atoms with Crippen LogP contribution in [0.2, 0.25) is 10.0 Å². The van der Waals surface area contributed by atoms with Crippen LogP contribution in [0.5, 0.6) is 0 Å². The SMILES string of the molecule is CCC(C)[P-]C(=O)c1c(Cl)ccc(C)c1Cl.[Li+]. The molecule has 88 valence electrons. The Bertz CT molecular complexity index is 410. The minimum atomic E-state index is 0. The molecular weight excluding hydrogens is 269 g/mol. The first kappa shape index (κ1) is 17.5. The summed E-state index contributed by atoms with van der Waals surface area (Å²) in [5.74, 6) is 0. The normalized spacial score (nSPS) is 12.5. The molecule has 0 fully saturated rings. The molecule has 0 saturated heterocycles. The van der Waals surface area contributed by atoms with Crippen LogP contribution < -0.4 is 18.9 Å². The predicted octanol–water partition coefficient (Wildman–Crippen LogP) is 2.19. The summed E-state index contributed by atoms with van der Waals surface area (Å²) in [4.78, 5) is 12.0. The van der Waals surface area contributed by atoms with E-state index in [4.69, 9.17) is 23.2 Å². The summed E-state index contributed by atoms with van der Waals surface area (Å²) in [7, 11) is 0.760. The molecule has 0 bridgehead atoms. The Morgan fingerprint density at radius 2 is 2.00 bits per heavy atom. The molecule has 1 aromatic carbocycles. The van der Waals surface area contributed by atoms with Crippen molar-refractivity contribution in [3.05, 3.63) is 33.3 Å². The molecule has 1 nitrogen and oxygen atoms in total. The largest absolute Gasteiger partial charge is 1.00 e. The Kier molecular flexibility index (Phi) is 8.06. The van der Waals surface area contributed by atoms with E-state index in [0.717, 1.165) is 20.6 Å². The zero-order valence-corrected chi connectivity index (χ0v) is 13.0. The van der Waals surface area contributed by atoms with Gasteiger partial charge < -0.3 is 13.4 Å². The van der Waals surface area contributed by atoms with Gasteiger partial charge >= 0.3 is 18.9 Å². The molecule has 5 heteroatoms. The minimum absolute atomic E-state index is 0. The maximum atomic E-state index is 12.0. The molecule has 1 aromatic rings. The van der Waals surface area contributed by atoms with E-state index in [1.807, 2.05) is 19.9 Å². The maximum absolute atomic E-state index is 12.0. The van der Waals surface area contributed by atoms with Crippen LogP contribution in [0.25, 0.3) is 0 Å². The van der Waals surface area contributed by atoms with Gasteiger partial charge in [0.2, 0.25) is 0 Å². The monoisotopic (exact) mass is 282 g/mol. The van der Waals surface area contributed by atoms with Crippen molar-refractivity contribution in [2.24, 2.45) is 0 Å². The van der Waals surface area contributed by atoms with Crippen molar-refractivity contribution in [2.45, 2.75) is 32.9 Å². The van der Waals surface area contributed by atoms with Crippen LogP contribution in [0.4, 0.5) is 0 Å². The Labute approximate surface area is 127 Å². The number of benzene rings is 1. The third-order valence-electron chi connectivity index (χ3n) is 2.43. The van der Waals surface area contributed by atoms with E-state index in [-0.39, 0.29) is 24.4 Å². The van der Waals surface area contributed by atoms with Crippen molar-refractivity contribution < 1.29 is 23.7 Å². The van der Waals surface area contributed by atoms with Gasteiger partial charge in [0.25, 0.3) is 0 Å². The van der Waals surface area contributed by atoms with Crippen LogP contribution in [-0.2, 0) is 0 Å². The third kappa shape index (κ3) is 4.59. The second-order valence-electron chi connectivity index (χ2n) is 3.74. The first-order valence-corrected chi connectivity index (χ1v) is 6.89. The van der Waals surface area contributed by atoms with Crippen molar-refractivity contribution in [1.82, 2.24) is 0 Å². The maximum Gasteiger partial charge on any atom is 1.00 e. The van der Waals surface area contributed by atoms with Gasteiger partial charge in [-0.05, 0) is 18.6 Å². The molecule has 0 heterocycles. The van der Waals surface area contributed by atoms with E-state index < -0.39 is 0 Å². The van der Waals surface area contributed by atoms with E-state index in [2.05, 4.69) is 6.92 Å². The van der Waals surface area contributed by atoms with Gasteiger partial charge in [0.05, 0.1) is 10.0 Å². The van der Waals surface area contributed by atoms with E-state index in [1.165, 1.54) is 0 Å². The summed E-state index contributed by atoms with van der Waals surface area (Å²) in [5, 5.41) is 0.921. The molecule has 17 heavy (non-hydrogen) atoms. The predicted molar refractivity (Wildman–Crippen MR) is 72.2 cm³/mol. The molecule has 1 rings (SSSR count). The average molecular weight is 283 g/mol. The number of hydrogen-bond acceptors (Lipinski definition) is 1. The topological polar surface area (TPSA) is 17.1 Å². The van der Waals surface area contributed by atoms with Crippen LogP contribution in [0, 0.1) is 6.92 Å². The van der Waals surface area contributed by atoms with Gasteiger partial charge in [0.15, 0.2) is 0 Å². The van der Waals surface area contributed by atoms with Crippen LogP contribution in [0.3, 0.4) is 0 Å². The Morgan fingerprint density at radius 1 is 1.41 bits per heavy atom. The number of hydrogen-bond donors (Lipinski definition) is 0. The molecular formula is C12H14Cl2LiOP. The fourth-order valence-electron chi connectivity index (χ4n) is 1.21.